The zero-order valence-electron chi connectivity index (χ0n) is 7.80. The van der Waals surface area contributed by atoms with Crippen molar-refractivity contribution in [3.63, 3.8) is 0 Å². The average Bonchev–Trinajstić information content (AvgIpc) is 2.75. The maximum Gasteiger partial charge on any atom is 0.232 e. The molecular formula is C9H11N3OS. The molecule has 2 heterocycles. The van der Waals surface area contributed by atoms with Crippen LogP contribution in [0, 0.1) is 0 Å². The SMILES string of the molecule is CC(N)c1nnc(Cc2ccsc2)o1. The van der Waals surface area contributed by atoms with Crippen LogP contribution in [0.5, 0.6) is 0 Å². The minimum absolute atomic E-state index is 0.196. The van der Waals surface area contributed by atoms with Gasteiger partial charge in [0.1, 0.15) is 0 Å². The van der Waals surface area contributed by atoms with E-state index in [0.717, 1.165) is 0 Å². The van der Waals surface area contributed by atoms with Crippen LogP contribution in [0.1, 0.15) is 30.3 Å². The molecule has 0 amide bonds. The molecule has 1 unspecified atom stereocenters. The van der Waals surface area contributed by atoms with E-state index in [-0.39, 0.29) is 6.04 Å². The summed E-state index contributed by atoms with van der Waals surface area (Å²) in [5, 5.41) is 11.9. The summed E-state index contributed by atoms with van der Waals surface area (Å²) in [5.74, 6) is 1.12. The Morgan fingerprint density at radius 2 is 2.43 bits per heavy atom. The Balaban J connectivity index is 2.11. The van der Waals surface area contributed by atoms with Crippen LogP contribution < -0.4 is 5.73 Å². The summed E-state index contributed by atoms with van der Waals surface area (Å²) in [4.78, 5) is 0. The van der Waals surface area contributed by atoms with Gasteiger partial charge in [0.2, 0.25) is 11.8 Å². The minimum Gasteiger partial charge on any atom is -0.423 e. The standard InChI is InChI=1S/C9H11N3OS/c1-6(10)9-12-11-8(13-9)4-7-2-3-14-5-7/h2-3,5-6H,4,10H2,1H3. The highest BCUT2D eigenvalue weighted by Crippen LogP contribution is 2.13. The molecule has 0 saturated carbocycles. The van der Waals surface area contributed by atoms with Crippen LogP contribution in [-0.2, 0) is 6.42 Å². The van der Waals surface area contributed by atoms with Crippen LogP contribution in [0.15, 0.2) is 21.2 Å². The quantitative estimate of drug-likeness (QED) is 0.836. The molecule has 0 saturated heterocycles. The molecule has 74 valence electrons. The second-order valence-electron chi connectivity index (χ2n) is 3.13. The molecule has 2 rings (SSSR count). The molecule has 0 aliphatic rings. The van der Waals surface area contributed by atoms with Gasteiger partial charge >= 0.3 is 0 Å². The zero-order valence-corrected chi connectivity index (χ0v) is 8.62. The second-order valence-corrected chi connectivity index (χ2v) is 3.91. The largest absolute Gasteiger partial charge is 0.423 e. The number of aromatic nitrogens is 2. The number of nitrogens with zero attached hydrogens (tertiary/aromatic N) is 2. The van der Waals surface area contributed by atoms with Crippen molar-refractivity contribution in [2.24, 2.45) is 5.73 Å². The lowest BCUT2D eigenvalue weighted by atomic mass is 10.2. The highest BCUT2D eigenvalue weighted by molar-refractivity contribution is 7.07. The van der Waals surface area contributed by atoms with Crippen molar-refractivity contribution in [1.29, 1.82) is 0 Å². The van der Waals surface area contributed by atoms with Crippen LogP contribution in [0.25, 0.3) is 0 Å². The third-order valence-electron chi connectivity index (χ3n) is 1.81. The average molecular weight is 209 g/mol. The molecule has 5 heteroatoms. The predicted molar refractivity (Wildman–Crippen MR) is 54.0 cm³/mol. The Labute approximate surface area is 85.8 Å². The fourth-order valence-corrected chi connectivity index (χ4v) is 1.76. The van der Waals surface area contributed by atoms with Crippen LogP contribution >= 0.6 is 11.3 Å². The lowest BCUT2D eigenvalue weighted by Crippen LogP contribution is -2.04. The van der Waals surface area contributed by atoms with Crippen LogP contribution in [0.4, 0.5) is 0 Å². The van der Waals surface area contributed by atoms with Gasteiger partial charge < -0.3 is 10.2 Å². The summed E-state index contributed by atoms with van der Waals surface area (Å²) in [6.45, 7) is 1.82. The molecule has 0 aliphatic carbocycles. The molecule has 0 radical (unpaired) electrons. The topological polar surface area (TPSA) is 64.9 Å². The molecule has 4 nitrogen and oxygen atoms in total. The molecule has 2 N–H and O–H groups in total. The molecule has 0 bridgehead atoms. The summed E-state index contributed by atoms with van der Waals surface area (Å²) in [7, 11) is 0. The van der Waals surface area contributed by atoms with Crippen molar-refractivity contribution >= 4 is 11.3 Å². The summed E-state index contributed by atoms with van der Waals surface area (Å²) in [6, 6.07) is 1.85. The van der Waals surface area contributed by atoms with Gasteiger partial charge in [0, 0.05) is 0 Å². The minimum atomic E-state index is -0.196. The van der Waals surface area contributed by atoms with E-state index in [1.165, 1.54) is 5.56 Å². The van der Waals surface area contributed by atoms with E-state index < -0.39 is 0 Å². The lowest BCUT2D eigenvalue weighted by molar-refractivity contribution is 0.433. The maximum absolute atomic E-state index is 5.61. The van der Waals surface area contributed by atoms with E-state index in [0.29, 0.717) is 18.2 Å². The van der Waals surface area contributed by atoms with Crippen molar-refractivity contribution in [2.75, 3.05) is 0 Å². The van der Waals surface area contributed by atoms with Crippen molar-refractivity contribution in [3.8, 4) is 0 Å². The summed E-state index contributed by atoms with van der Waals surface area (Å²) < 4.78 is 5.38. The predicted octanol–water partition coefficient (Wildman–Crippen LogP) is 1.74. The van der Waals surface area contributed by atoms with Crippen molar-refractivity contribution in [1.82, 2.24) is 10.2 Å². The third-order valence-corrected chi connectivity index (χ3v) is 2.54. The summed E-state index contributed by atoms with van der Waals surface area (Å²) >= 11 is 1.66. The molecule has 0 fully saturated rings. The van der Waals surface area contributed by atoms with Crippen LogP contribution in [-0.4, -0.2) is 10.2 Å². The van der Waals surface area contributed by atoms with Crippen molar-refractivity contribution in [2.45, 2.75) is 19.4 Å². The van der Waals surface area contributed by atoms with E-state index in [9.17, 15) is 0 Å². The third kappa shape index (κ3) is 2.00. The molecule has 0 aliphatic heterocycles. The maximum atomic E-state index is 5.61. The van der Waals surface area contributed by atoms with Crippen LogP contribution in [0.3, 0.4) is 0 Å². The van der Waals surface area contributed by atoms with Gasteiger partial charge in [-0.15, -0.1) is 10.2 Å². The fourth-order valence-electron chi connectivity index (χ4n) is 1.09. The fraction of sp³-hybridized carbons (Fsp3) is 0.333. The first-order valence-corrected chi connectivity index (χ1v) is 5.29. The molecule has 14 heavy (non-hydrogen) atoms. The number of nitrogens with two attached hydrogens (primary N) is 1. The summed E-state index contributed by atoms with van der Waals surface area (Å²) in [5.41, 5.74) is 6.80. The number of thiophene rings is 1. The smallest absolute Gasteiger partial charge is 0.232 e. The van der Waals surface area contributed by atoms with Gasteiger partial charge in [-0.1, -0.05) is 0 Å². The van der Waals surface area contributed by atoms with Crippen LogP contribution in [0.2, 0.25) is 0 Å². The highest BCUT2D eigenvalue weighted by atomic mass is 32.1. The van der Waals surface area contributed by atoms with E-state index in [4.69, 9.17) is 10.2 Å². The Hall–Kier alpha value is -1.20. The Morgan fingerprint density at radius 3 is 3.00 bits per heavy atom. The molecule has 1 atom stereocenters. The van der Waals surface area contributed by atoms with Gasteiger partial charge in [-0.25, -0.2) is 0 Å². The first-order chi connectivity index (χ1) is 6.75. The molecule has 0 aromatic carbocycles. The normalized spacial score (nSPS) is 13.0. The van der Waals surface area contributed by atoms with Gasteiger partial charge in [-0.2, -0.15) is 11.3 Å². The number of hydrogen-bond donors (Lipinski definition) is 1. The molecular weight excluding hydrogens is 198 g/mol. The lowest BCUT2D eigenvalue weighted by Gasteiger charge is -1.94. The monoisotopic (exact) mass is 209 g/mol. The van der Waals surface area contributed by atoms with E-state index in [1.807, 2.05) is 18.4 Å². The van der Waals surface area contributed by atoms with Crippen molar-refractivity contribution in [3.05, 3.63) is 34.2 Å². The van der Waals surface area contributed by atoms with Gasteiger partial charge in [-0.05, 0) is 29.3 Å². The summed E-state index contributed by atoms with van der Waals surface area (Å²) in [6.07, 6.45) is 0.684. The zero-order chi connectivity index (χ0) is 9.97. The van der Waals surface area contributed by atoms with Gasteiger partial charge in [-0.3, -0.25) is 0 Å². The van der Waals surface area contributed by atoms with Gasteiger partial charge in [0.15, 0.2) is 0 Å². The van der Waals surface area contributed by atoms with Gasteiger partial charge in [0.25, 0.3) is 0 Å². The Kier molecular flexibility index (Phi) is 2.60. The first kappa shape index (κ1) is 9.36. The molecule has 2 aromatic rings. The van der Waals surface area contributed by atoms with Crippen molar-refractivity contribution < 1.29 is 4.42 Å². The second kappa shape index (κ2) is 3.89. The van der Waals surface area contributed by atoms with E-state index in [1.54, 1.807) is 11.3 Å². The Bertz CT molecular complexity index is 394. The van der Waals surface area contributed by atoms with Gasteiger partial charge in [0.05, 0.1) is 12.5 Å². The van der Waals surface area contributed by atoms with E-state index >= 15 is 0 Å². The highest BCUT2D eigenvalue weighted by Gasteiger charge is 2.09. The number of hydrogen-bond acceptors (Lipinski definition) is 5. The van der Waals surface area contributed by atoms with E-state index in [2.05, 4.69) is 15.6 Å². The molecule has 2 aromatic heterocycles. The Morgan fingerprint density at radius 1 is 1.57 bits per heavy atom. The first-order valence-electron chi connectivity index (χ1n) is 4.34. The molecule has 0 spiro atoms. The number of rotatable bonds is 3.